The first-order valence-corrected chi connectivity index (χ1v) is 5.57. The Morgan fingerprint density at radius 3 is 2.87 bits per heavy atom. The Balaban J connectivity index is 1.87. The van der Waals surface area contributed by atoms with Crippen molar-refractivity contribution in [2.45, 2.75) is 12.8 Å². The van der Waals surface area contributed by atoms with Gasteiger partial charge in [0.1, 0.15) is 5.75 Å². The molecule has 1 aliphatic carbocycles. The molecule has 2 N–H and O–H groups in total. The predicted molar refractivity (Wildman–Crippen MR) is 61.7 cm³/mol. The minimum absolute atomic E-state index is 0.657. The van der Waals surface area contributed by atoms with Gasteiger partial charge >= 0.3 is 0 Å². The van der Waals surface area contributed by atoms with E-state index in [4.69, 9.17) is 17.0 Å². The van der Waals surface area contributed by atoms with Crippen LogP contribution in [-0.2, 0) is 0 Å². The van der Waals surface area contributed by atoms with Crippen molar-refractivity contribution in [2.75, 3.05) is 6.61 Å². The third-order valence-corrected chi connectivity index (χ3v) is 2.87. The van der Waals surface area contributed by atoms with E-state index in [2.05, 4.69) is 9.97 Å². The molecule has 1 fully saturated rings. The highest BCUT2D eigenvalue weighted by Crippen LogP contribution is 2.29. The van der Waals surface area contributed by atoms with Crippen LogP contribution < -0.4 is 4.74 Å². The van der Waals surface area contributed by atoms with E-state index in [1.165, 1.54) is 12.8 Å². The van der Waals surface area contributed by atoms with E-state index in [1.807, 2.05) is 18.2 Å². The minimum Gasteiger partial charge on any atom is -0.493 e. The number of fused-ring (bicyclic) bond motifs is 1. The maximum atomic E-state index is 5.68. The summed E-state index contributed by atoms with van der Waals surface area (Å²) in [5, 5.41) is 0. The van der Waals surface area contributed by atoms with Crippen molar-refractivity contribution in [3.8, 4) is 5.75 Å². The summed E-state index contributed by atoms with van der Waals surface area (Å²) in [6.45, 7) is 0.844. The maximum absolute atomic E-state index is 5.68. The van der Waals surface area contributed by atoms with Crippen LogP contribution >= 0.6 is 12.2 Å². The van der Waals surface area contributed by atoms with Crippen LogP contribution in [0.15, 0.2) is 18.2 Å². The first-order chi connectivity index (χ1) is 7.31. The molecule has 0 atom stereocenters. The van der Waals surface area contributed by atoms with Crippen molar-refractivity contribution in [3.63, 3.8) is 0 Å². The standard InChI is InChI=1S/C11H12N2OS/c15-11-12-9-4-3-8(5-10(9)13-11)14-6-7-1-2-7/h3-5,7H,1-2,6H2,(H2,12,13,15). The van der Waals surface area contributed by atoms with Gasteiger partial charge in [0.2, 0.25) is 0 Å². The Kier molecular flexibility index (Phi) is 2.02. The van der Waals surface area contributed by atoms with Gasteiger partial charge in [-0.2, -0.15) is 0 Å². The Bertz CT molecular complexity index is 539. The zero-order chi connectivity index (χ0) is 10.3. The number of aromatic nitrogens is 2. The summed E-state index contributed by atoms with van der Waals surface area (Å²) < 4.78 is 6.34. The van der Waals surface area contributed by atoms with Crippen molar-refractivity contribution in [1.82, 2.24) is 9.97 Å². The molecule has 1 aromatic heterocycles. The van der Waals surface area contributed by atoms with E-state index in [-0.39, 0.29) is 0 Å². The van der Waals surface area contributed by atoms with Crippen molar-refractivity contribution in [2.24, 2.45) is 5.92 Å². The lowest BCUT2D eigenvalue weighted by Gasteiger charge is -2.04. The van der Waals surface area contributed by atoms with Crippen molar-refractivity contribution in [1.29, 1.82) is 0 Å². The number of rotatable bonds is 3. The molecule has 0 spiro atoms. The summed E-state index contributed by atoms with van der Waals surface area (Å²) in [6, 6.07) is 5.96. The predicted octanol–water partition coefficient (Wildman–Crippen LogP) is 3.01. The van der Waals surface area contributed by atoms with Gasteiger partial charge < -0.3 is 14.7 Å². The van der Waals surface area contributed by atoms with Crippen LogP contribution in [0.5, 0.6) is 5.75 Å². The number of aromatic amines is 2. The molecule has 0 radical (unpaired) electrons. The number of hydrogen-bond acceptors (Lipinski definition) is 2. The van der Waals surface area contributed by atoms with Crippen molar-refractivity contribution in [3.05, 3.63) is 23.0 Å². The van der Waals surface area contributed by atoms with Crippen LogP contribution in [0.3, 0.4) is 0 Å². The molecular weight excluding hydrogens is 208 g/mol. The van der Waals surface area contributed by atoms with Crippen LogP contribution in [-0.4, -0.2) is 16.6 Å². The molecule has 0 unspecified atom stereocenters. The Morgan fingerprint density at radius 1 is 1.27 bits per heavy atom. The fourth-order valence-corrected chi connectivity index (χ4v) is 1.82. The summed E-state index contributed by atoms with van der Waals surface area (Å²) in [5.74, 6) is 1.70. The molecule has 2 aromatic rings. The lowest BCUT2D eigenvalue weighted by Crippen LogP contribution is -1.98. The summed E-state index contributed by atoms with van der Waals surface area (Å²) in [7, 11) is 0. The lowest BCUT2D eigenvalue weighted by molar-refractivity contribution is 0.300. The molecule has 1 aliphatic rings. The molecule has 4 heteroatoms. The van der Waals surface area contributed by atoms with Gasteiger partial charge in [-0.05, 0) is 43.1 Å². The van der Waals surface area contributed by atoms with Gasteiger partial charge in [-0.15, -0.1) is 0 Å². The third kappa shape index (κ3) is 1.90. The molecule has 78 valence electrons. The molecule has 0 amide bonds. The third-order valence-electron chi connectivity index (χ3n) is 2.67. The molecule has 0 saturated heterocycles. The fraction of sp³-hybridized carbons (Fsp3) is 0.364. The average molecular weight is 220 g/mol. The van der Waals surface area contributed by atoms with E-state index in [1.54, 1.807) is 0 Å². The van der Waals surface area contributed by atoms with Crippen LogP contribution in [0.1, 0.15) is 12.8 Å². The highest BCUT2D eigenvalue weighted by Gasteiger charge is 2.21. The Labute approximate surface area is 92.5 Å². The highest BCUT2D eigenvalue weighted by molar-refractivity contribution is 7.71. The number of imidazole rings is 1. The Hall–Kier alpha value is -1.29. The monoisotopic (exact) mass is 220 g/mol. The van der Waals surface area contributed by atoms with Gasteiger partial charge in [0.15, 0.2) is 4.77 Å². The second kappa shape index (κ2) is 3.38. The molecule has 3 nitrogen and oxygen atoms in total. The molecule has 0 aliphatic heterocycles. The number of hydrogen-bond donors (Lipinski definition) is 2. The number of benzene rings is 1. The van der Waals surface area contributed by atoms with Gasteiger partial charge in [-0.1, -0.05) is 0 Å². The Morgan fingerprint density at radius 2 is 2.07 bits per heavy atom. The number of ether oxygens (including phenoxy) is 1. The SMILES string of the molecule is S=c1[nH]c2ccc(OCC3CC3)cc2[nH]1. The van der Waals surface area contributed by atoms with Crippen molar-refractivity contribution >= 4 is 23.3 Å². The minimum atomic E-state index is 0.657. The topological polar surface area (TPSA) is 40.8 Å². The quantitative estimate of drug-likeness (QED) is 0.781. The second-order valence-corrected chi connectivity index (χ2v) is 4.45. The van der Waals surface area contributed by atoms with Gasteiger partial charge in [0, 0.05) is 6.07 Å². The van der Waals surface area contributed by atoms with Gasteiger partial charge in [0.05, 0.1) is 17.6 Å². The molecule has 3 rings (SSSR count). The molecule has 15 heavy (non-hydrogen) atoms. The van der Waals surface area contributed by atoms with E-state index in [0.717, 1.165) is 29.3 Å². The lowest BCUT2D eigenvalue weighted by atomic mass is 10.3. The first-order valence-electron chi connectivity index (χ1n) is 5.16. The molecular formula is C11H12N2OS. The van der Waals surface area contributed by atoms with Crippen molar-refractivity contribution < 1.29 is 4.74 Å². The molecule has 0 bridgehead atoms. The number of nitrogens with one attached hydrogen (secondary N) is 2. The van der Waals surface area contributed by atoms with E-state index < -0.39 is 0 Å². The smallest absolute Gasteiger partial charge is 0.175 e. The largest absolute Gasteiger partial charge is 0.493 e. The molecule has 1 saturated carbocycles. The molecule has 1 aromatic carbocycles. The summed E-state index contributed by atoms with van der Waals surface area (Å²) >= 11 is 5.02. The van der Waals surface area contributed by atoms with Crippen LogP contribution in [0.25, 0.3) is 11.0 Å². The van der Waals surface area contributed by atoms with E-state index in [0.29, 0.717) is 4.77 Å². The molecule has 1 heterocycles. The van der Waals surface area contributed by atoms with E-state index in [9.17, 15) is 0 Å². The van der Waals surface area contributed by atoms with Crippen LogP contribution in [0.2, 0.25) is 0 Å². The maximum Gasteiger partial charge on any atom is 0.175 e. The van der Waals surface area contributed by atoms with Crippen LogP contribution in [0, 0.1) is 10.7 Å². The zero-order valence-electron chi connectivity index (χ0n) is 8.25. The van der Waals surface area contributed by atoms with E-state index >= 15 is 0 Å². The van der Waals surface area contributed by atoms with Gasteiger partial charge in [-0.25, -0.2) is 0 Å². The first kappa shape index (κ1) is 8.97. The van der Waals surface area contributed by atoms with Gasteiger partial charge in [-0.3, -0.25) is 0 Å². The summed E-state index contributed by atoms with van der Waals surface area (Å²) in [5.41, 5.74) is 2.03. The van der Waals surface area contributed by atoms with Gasteiger partial charge in [0.25, 0.3) is 0 Å². The number of H-pyrrole nitrogens is 2. The zero-order valence-corrected chi connectivity index (χ0v) is 9.06. The second-order valence-electron chi connectivity index (χ2n) is 4.04. The summed E-state index contributed by atoms with van der Waals surface area (Å²) in [4.78, 5) is 6.15. The normalized spacial score (nSPS) is 15.7. The van der Waals surface area contributed by atoms with Crippen LogP contribution in [0.4, 0.5) is 0 Å². The highest BCUT2D eigenvalue weighted by atomic mass is 32.1. The summed E-state index contributed by atoms with van der Waals surface area (Å²) in [6.07, 6.45) is 2.63. The average Bonchev–Trinajstić information content (AvgIpc) is 2.96. The fourth-order valence-electron chi connectivity index (χ4n) is 1.60.